The number of hydrogen-bond donors (Lipinski definition) is 2. The van der Waals surface area contributed by atoms with Gasteiger partial charge in [0, 0.05) is 30.8 Å². The highest BCUT2D eigenvalue weighted by molar-refractivity contribution is 7.18. The molecule has 5 rings (SSSR count). The molecule has 0 saturated carbocycles. The zero-order chi connectivity index (χ0) is 22.1. The molecule has 0 radical (unpaired) electrons. The number of nitrogens with one attached hydrogen (secondary N) is 2. The Labute approximate surface area is 194 Å². The minimum atomic E-state index is -0.133. The Hall–Kier alpha value is -2.75. The van der Waals surface area contributed by atoms with Crippen LogP contribution >= 0.6 is 22.7 Å². The first-order chi connectivity index (χ1) is 15.6. The van der Waals surface area contributed by atoms with Crippen molar-refractivity contribution in [3.05, 3.63) is 52.5 Å². The van der Waals surface area contributed by atoms with E-state index in [-0.39, 0.29) is 23.8 Å². The van der Waals surface area contributed by atoms with Crippen LogP contribution in [0.2, 0.25) is 0 Å². The van der Waals surface area contributed by atoms with Crippen molar-refractivity contribution in [3.63, 3.8) is 0 Å². The van der Waals surface area contributed by atoms with Crippen LogP contribution in [0, 0.1) is 0 Å². The quantitative estimate of drug-likeness (QED) is 0.575. The van der Waals surface area contributed by atoms with Crippen LogP contribution < -0.4 is 15.4 Å². The molecule has 2 aliphatic rings. The minimum absolute atomic E-state index is 0.00671. The third-order valence-corrected chi connectivity index (χ3v) is 8.04. The van der Waals surface area contributed by atoms with Gasteiger partial charge in [-0.05, 0) is 43.7 Å². The number of carbonyl (C=O) groups is 2. The van der Waals surface area contributed by atoms with E-state index in [0.29, 0.717) is 23.0 Å². The molecular formula is C23H24N4O3S2. The third-order valence-electron chi connectivity index (χ3n) is 5.85. The number of thiophene rings is 1. The van der Waals surface area contributed by atoms with Crippen molar-refractivity contribution < 1.29 is 14.3 Å². The number of benzene rings is 1. The average molecular weight is 469 g/mol. The Balaban J connectivity index is 1.18. The van der Waals surface area contributed by atoms with Crippen molar-refractivity contribution >= 4 is 39.5 Å². The van der Waals surface area contributed by atoms with Gasteiger partial charge in [-0.15, -0.1) is 22.7 Å². The first-order valence-electron chi connectivity index (χ1n) is 10.6. The van der Waals surface area contributed by atoms with Gasteiger partial charge in [0.1, 0.15) is 5.75 Å². The molecule has 1 aromatic carbocycles. The summed E-state index contributed by atoms with van der Waals surface area (Å²) in [7, 11) is 1.67. The normalized spacial score (nSPS) is 18.4. The van der Waals surface area contributed by atoms with E-state index in [1.54, 1.807) is 24.5 Å². The molecule has 3 aromatic rings. The van der Waals surface area contributed by atoms with Crippen LogP contribution in [0.4, 0.5) is 5.00 Å². The lowest BCUT2D eigenvalue weighted by molar-refractivity contribution is -0.117. The number of carbonyl (C=O) groups excluding carboxylic acids is 2. The molecular weight excluding hydrogens is 444 g/mol. The second kappa shape index (κ2) is 9.01. The van der Waals surface area contributed by atoms with Gasteiger partial charge in [0.25, 0.3) is 5.91 Å². The molecule has 0 aliphatic carbocycles. The summed E-state index contributed by atoms with van der Waals surface area (Å²) >= 11 is 2.98. The molecule has 166 valence electrons. The van der Waals surface area contributed by atoms with Crippen molar-refractivity contribution in [1.29, 1.82) is 0 Å². The van der Waals surface area contributed by atoms with Gasteiger partial charge in [0.05, 0.1) is 32.9 Å². The van der Waals surface area contributed by atoms with Gasteiger partial charge < -0.3 is 20.3 Å². The topological polar surface area (TPSA) is 83.6 Å². The SMILES string of the molecule is COc1ccccc1-c1cnc(C2CN(C(=O)c3ccc(NC(=O)[C@@H]4CCCN4)s3)C2)s1. The maximum atomic E-state index is 12.8. The lowest BCUT2D eigenvalue weighted by Crippen LogP contribution is -2.48. The molecule has 1 atom stereocenters. The molecule has 0 unspecified atom stereocenters. The molecule has 4 heterocycles. The average Bonchev–Trinajstić information content (AvgIpc) is 3.54. The van der Waals surface area contributed by atoms with Crippen LogP contribution in [0.5, 0.6) is 5.75 Å². The Kier molecular flexibility index (Phi) is 5.95. The predicted octanol–water partition coefficient (Wildman–Crippen LogP) is 3.81. The van der Waals surface area contributed by atoms with Gasteiger partial charge in [-0.3, -0.25) is 9.59 Å². The number of ether oxygens (including phenoxy) is 1. The van der Waals surface area contributed by atoms with Crippen molar-refractivity contribution in [2.75, 3.05) is 32.1 Å². The Morgan fingerprint density at radius 3 is 2.81 bits per heavy atom. The number of amides is 2. The van der Waals surface area contributed by atoms with Crippen molar-refractivity contribution in [3.8, 4) is 16.2 Å². The number of nitrogens with zero attached hydrogens (tertiary/aromatic N) is 2. The largest absolute Gasteiger partial charge is 0.496 e. The standard InChI is InChI=1S/C23H24N4O3S2/c1-30-17-7-3-2-5-15(17)19-11-25-22(32-19)14-12-27(13-14)23(29)18-8-9-20(31-18)26-21(28)16-6-4-10-24-16/h2-3,5,7-9,11,14,16,24H,4,6,10,12-13H2,1H3,(H,26,28)/t16-/m0/s1. The zero-order valence-electron chi connectivity index (χ0n) is 17.7. The fraction of sp³-hybridized carbons (Fsp3) is 0.348. The maximum Gasteiger partial charge on any atom is 0.264 e. The number of likely N-dealkylation sites (tertiary alicyclic amines) is 1. The second-order valence-electron chi connectivity index (χ2n) is 7.97. The highest BCUT2D eigenvalue weighted by atomic mass is 32.1. The molecule has 2 aromatic heterocycles. The third kappa shape index (κ3) is 4.15. The van der Waals surface area contributed by atoms with Crippen molar-refractivity contribution in [2.24, 2.45) is 0 Å². The summed E-state index contributed by atoms with van der Waals surface area (Å²) in [5.74, 6) is 1.06. The minimum Gasteiger partial charge on any atom is -0.496 e. The van der Waals surface area contributed by atoms with Gasteiger partial charge in [0.15, 0.2) is 0 Å². The number of anilines is 1. The number of aromatic nitrogens is 1. The van der Waals surface area contributed by atoms with E-state index in [0.717, 1.165) is 40.6 Å². The number of para-hydroxylation sites is 1. The van der Waals surface area contributed by atoms with E-state index in [9.17, 15) is 9.59 Å². The van der Waals surface area contributed by atoms with Crippen molar-refractivity contribution in [1.82, 2.24) is 15.2 Å². The van der Waals surface area contributed by atoms with E-state index in [4.69, 9.17) is 4.74 Å². The van der Waals surface area contributed by atoms with Crippen LogP contribution in [0.1, 0.15) is 33.4 Å². The molecule has 2 saturated heterocycles. The van der Waals surface area contributed by atoms with Crippen LogP contribution in [0.25, 0.3) is 10.4 Å². The van der Waals surface area contributed by atoms with E-state index in [1.165, 1.54) is 11.3 Å². The molecule has 2 aliphatic heterocycles. The molecule has 0 spiro atoms. The van der Waals surface area contributed by atoms with Gasteiger partial charge >= 0.3 is 0 Å². The smallest absolute Gasteiger partial charge is 0.264 e. The summed E-state index contributed by atoms with van der Waals surface area (Å²) in [5, 5.41) is 7.86. The maximum absolute atomic E-state index is 12.8. The summed E-state index contributed by atoms with van der Waals surface area (Å²) < 4.78 is 5.46. The lowest BCUT2D eigenvalue weighted by Gasteiger charge is -2.37. The molecule has 2 fully saturated rings. The highest BCUT2D eigenvalue weighted by Crippen LogP contribution is 2.38. The summed E-state index contributed by atoms with van der Waals surface area (Å²) in [5.41, 5.74) is 1.03. The number of hydrogen-bond acceptors (Lipinski definition) is 7. The van der Waals surface area contributed by atoms with Gasteiger partial charge in [0.2, 0.25) is 5.91 Å². The number of thiazole rings is 1. The Morgan fingerprint density at radius 2 is 2.03 bits per heavy atom. The lowest BCUT2D eigenvalue weighted by atomic mass is 10.0. The zero-order valence-corrected chi connectivity index (χ0v) is 19.3. The van der Waals surface area contributed by atoms with Crippen molar-refractivity contribution in [2.45, 2.75) is 24.8 Å². The second-order valence-corrected chi connectivity index (χ2v) is 10.1. The van der Waals surface area contributed by atoms with Gasteiger partial charge in [-0.2, -0.15) is 0 Å². The molecule has 2 amide bonds. The molecule has 32 heavy (non-hydrogen) atoms. The van der Waals surface area contributed by atoms with E-state index < -0.39 is 0 Å². The van der Waals surface area contributed by atoms with Crippen LogP contribution in [-0.2, 0) is 4.79 Å². The summed E-state index contributed by atoms with van der Waals surface area (Å²) in [6, 6.07) is 11.4. The molecule has 7 nitrogen and oxygen atoms in total. The van der Waals surface area contributed by atoms with E-state index in [2.05, 4.69) is 15.6 Å². The number of rotatable bonds is 6. The first-order valence-corrected chi connectivity index (χ1v) is 12.3. The molecule has 9 heteroatoms. The van der Waals surface area contributed by atoms with Crippen LogP contribution in [-0.4, -0.2) is 54.5 Å². The summed E-state index contributed by atoms with van der Waals surface area (Å²) in [6.07, 6.45) is 3.76. The Morgan fingerprint density at radius 1 is 1.19 bits per heavy atom. The first kappa shape index (κ1) is 21.1. The predicted molar refractivity (Wildman–Crippen MR) is 127 cm³/mol. The highest BCUT2D eigenvalue weighted by Gasteiger charge is 2.35. The summed E-state index contributed by atoms with van der Waals surface area (Å²) in [4.78, 5) is 33.3. The van der Waals surface area contributed by atoms with Gasteiger partial charge in [-0.25, -0.2) is 4.98 Å². The fourth-order valence-corrected chi connectivity index (χ4v) is 5.95. The summed E-state index contributed by atoms with van der Waals surface area (Å²) in [6.45, 7) is 2.19. The fourth-order valence-electron chi connectivity index (χ4n) is 4.04. The van der Waals surface area contributed by atoms with Gasteiger partial charge in [-0.1, -0.05) is 12.1 Å². The van der Waals surface area contributed by atoms with E-state index in [1.807, 2.05) is 41.4 Å². The van der Waals surface area contributed by atoms with Crippen LogP contribution in [0.15, 0.2) is 42.6 Å². The van der Waals surface area contributed by atoms with Crippen LogP contribution in [0.3, 0.4) is 0 Å². The molecule has 0 bridgehead atoms. The monoisotopic (exact) mass is 468 g/mol. The van der Waals surface area contributed by atoms with E-state index >= 15 is 0 Å². The Bertz CT molecular complexity index is 1130. The number of methoxy groups -OCH3 is 1. The molecule has 2 N–H and O–H groups in total.